The van der Waals surface area contributed by atoms with Gasteiger partial charge >= 0.3 is 0 Å². The molecule has 0 aromatic rings. The number of aliphatic hydroxyl groups is 2. The summed E-state index contributed by atoms with van der Waals surface area (Å²) in [5.41, 5.74) is 2.41. The predicted molar refractivity (Wildman–Crippen MR) is 180 cm³/mol. The highest BCUT2D eigenvalue weighted by molar-refractivity contribution is 5.79. The Morgan fingerprint density at radius 1 is 0.857 bits per heavy atom. The molecule has 278 valence electrons. The van der Waals surface area contributed by atoms with Gasteiger partial charge in [-0.05, 0) is 76.7 Å². The summed E-state index contributed by atoms with van der Waals surface area (Å²) < 4.78 is 49.9. The zero-order chi connectivity index (χ0) is 34.7. The Labute approximate surface area is 291 Å². The Bertz CT molecular complexity index is 1130. The third-order valence-electron chi connectivity index (χ3n) is 11.5. The lowest BCUT2D eigenvalue weighted by molar-refractivity contribution is -0.292. The summed E-state index contributed by atoms with van der Waals surface area (Å²) in [4.78, 5) is 12.9. The van der Waals surface area contributed by atoms with Crippen molar-refractivity contribution in [1.82, 2.24) is 0 Å². The predicted octanol–water partition coefficient (Wildman–Crippen LogP) is 4.34. The maximum atomic E-state index is 12.9. The normalized spacial score (nSPS) is 44.0. The number of rotatable bonds is 9. The largest absolute Gasteiger partial charge is 0.394 e. The van der Waals surface area contributed by atoms with E-state index in [1.165, 1.54) is 25.3 Å². The molecule has 9 saturated heterocycles. The number of ketones is 1. The van der Waals surface area contributed by atoms with Crippen molar-refractivity contribution in [2.24, 2.45) is 5.92 Å². The van der Waals surface area contributed by atoms with Crippen molar-refractivity contribution in [1.29, 1.82) is 0 Å². The van der Waals surface area contributed by atoms with Crippen LogP contribution >= 0.6 is 0 Å². The minimum Gasteiger partial charge on any atom is -0.394 e. The fourth-order valence-corrected chi connectivity index (χ4v) is 8.62. The third kappa shape index (κ3) is 9.04. The van der Waals surface area contributed by atoms with Crippen LogP contribution < -0.4 is 0 Å². The summed E-state index contributed by atoms with van der Waals surface area (Å²) in [5, 5.41) is 16.0. The molecule has 0 aliphatic carbocycles. The zero-order valence-electron chi connectivity index (χ0n) is 29.8. The quantitative estimate of drug-likeness (QED) is 0.335. The summed E-state index contributed by atoms with van der Waals surface area (Å²) in [5.74, 6) is -0.0826. The van der Waals surface area contributed by atoms with E-state index in [0.29, 0.717) is 31.5 Å². The molecule has 9 heterocycles. The van der Waals surface area contributed by atoms with Crippen LogP contribution in [0.4, 0.5) is 0 Å². The van der Waals surface area contributed by atoms with Crippen LogP contribution in [0.25, 0.3) is 0 Å². The third-order valence-corrected chi connectivity index (χ3v) is 11.5. The maximum Gasteiger partial charge on any atom is 0.172 e. The van der Waals surface area contributed by atoms with Crippen molar-refractivity contribution in [2.45, 2.75) is 177 Å². The van der Waals surface area contributed by atoms with Crippen molar-refractivity contribution >= 4 is 5.78 Å². The van der Waals surface area contributed by atoms with E-state index in [-0.39, 0.29) is 73.4 Å². The first-order chi connectivity index (χ1) is 23.6. The SMILES string of the molecule is C=C1CC[C@H](CC)OC1.C=C1COC(CC[C@@]23CC4OC5C(O2)[C@H]2OC(CC(=O)CC6CCO[C@H]6C)CCC2O[C@H]5C4O3)C1.CC(O)CO. The van der Waals surface area contributed by atoms with E-state index in [9.17, 15) is 4.79 Å². The van der Waals surface area contributed by atoms with Crippen molar-refractivity contribution in [3.05, 3.63) is 24.3 Å². The standard InChI is InChI=1S/C27H38O8.C8H14O.C3H8O2/c1-14-9-18(30-13-14)5-7-27-12-21-23(34-27)24-25(33-21)26(35-27)22-20(32-24)4-3-19(31-22)11-17(28)10-16-6-8-29-15(16)2;1-3-8-5-4-7(2)6-9-8;1-3(5)2-4/h15-16,18-26H,1,3-13H2,2H3;8H,2-6H2,1H3;3-5H,2H2,1H3/t15-,16?,18?,19?,20?,21?,22-,23?,24-,25?,26?,27-;8-;/m00./s1. The minimum absolute atomic E-state index is 0.00242. The maximum absolute atomic E-state index is 12.9. The van der Waals surface area contributed by atoms with Gasteiger partial charge in [-0.1, -0.05) is 25.7 Å². The van der Waals surface area contributed by atoms with Crippen LogP contribution in [0.1, 0.15) is 97.8 Å². The van der Waals surface area contributed by atoms with Crippen molar-refractivity contribution < 1.29 is 52.9 Å². The molecule has 0 aromatic heterocycles. The average Bonchev–Trinajstić information content (AvgIpc) is 3.82. The molecule has 9 rings (SSSR count). The smallest absolute Gasteiger partial charge is 0.172 e. The number of ether oxygens (including phenoxy) is 8. The lowest BCUT2D eigenvalue weighted by atomic mass is 9.86. The second-order valence-electron chi connectivity index (χ2n) is 15.5. The van der Waals surface area contributed by atoms with Crippen molar-refractivity contribution in [3.8, 4) is 0 Å². The Morgan fingerprint density at radius 2 is 1.57 bits per heavy atom. The Hall–Kier alpha value is -1.25. The zero-order valence-corrected chi connectivity index (χ0v) is 29.8. The van der Waals surface area contributed by atoms with Crippen LogP contribution in [-0.2, 0) is 42.7 Å². The van der Waals surface area contributed by atoms with Crippen molar-refractivity contribution in [2.75, 3.05) is 26.4 Å². The topological polar surface area (TPSA) is 131 Å². The van der Waals surface area contributed by atoms with E-state index >= 15 is 0 Å². The summed E-state index contributed by atoms with van der Waals surface area (Å²) in [6, 6.07) is 0. The second-order valence-corrected chi connectivity index (χ2v) is 15.5. The molecule has 14 atom stereocenters. The minimum atomic E-state index is -0.681. The fourth-order valence-electron chi connectivity index (χ4n) is 8.62. The van der Waals surface area contributed by atoms with Gasteiger partial charge in [0.15, 0.2) is 5.79 Å². The Kier molecular flexibility index (Phi) is 12.7. The molecule has 49 heavy (non-hydrogen) atoms. The Morgan fingerprint density at radius 3 is 2.22 bits per heavy atom. The summed E-state index contributed by atoms with van der Waals surface area (Å²) >= 11 is 0. The van der Waals surface area contributed by atoms with Crippen LogP contribution in [0.5, 0.6) is 0 Å². The van der Waals surface area contributed by atoms with Gasteiger partial charge in [0.05, 0.1) is 62.5 Å². The first-order valence-electron chi connectivity index (χ1n) is 18.9. The fraction of sp³-hybridized carbons (Fsp3) is 0.868. The van der Waals surface area contributed by atoms with Crippen molar-refractivity contribution in [3.63, 3.8) is 0 Å². The van der Waals surface area contributed by atoms with Crippen LogP contribution in [0.15, 0.2) is 24.3 Å². The number of fused-ring (bicyclic) bond motifs is 1. The molecule has 9 fully saturated rings. The summed E-state index contributed by atoms with van der Waals surface area (Å²) in [6.07, 6.45) is 9.76. The van der Waals surface area contributed by atoms with Crippen LogP contribution in [0, 0.1) is 5.92 Å². The number of Topliss-reactive ketones (excluding diaryl/α,β-unsaturated/α-hetero) is 1. The number of aliphatic hydroxyl groups excluding tert-OH is 2. The summed E-state index contributed by atoms with van der Waals surface area (Å²) in [6.45, 7) is 15.7. The van der Waals surface area contributed by atoms with Gasteiger partial charge < -0.3 is 48.1 Å². The van der Waals surface area contributed by atoms with Crippen LogP contribution in [0.2, 0.25) is 0 Å². The Balaban J connectivity index is 0.000000250. The van der Waals surface area contributed by atoms with E-state index in [1.807, 2.05) is 0 Å². The van der Waals surface area contributed by atoms with Gasteiger partial charge in [0.25, 0.3) is 0 Å². The molecule has 0 spiro atoms. The molecule has 0 radical (unpaired) electrons. The molecule has 9 unspecified atom stereocenters. The van der Waals surface area contributed by atoms with E-state index in [4.69, 9.17) is 48.1 Å². The lowest BCUT2D eigenvalue weighted by Crippen LogP contribution is -2.61. The van der Waals surface area contributed by atoms with Gasteiger partial charge in [-0.15, -0.1) is 0 Å². The van der Waals surface area contributed by atoms with Gasteiger partial charge in [0, 0.05) is 32.3 Å². The van der Waals surface area contributed by atoms with Gasteiger partial charge in [-0.3, -0.25) is 4.79 Å². The lowest BCUT2D eigenvalue weighted by Gasteiger charge is -2.47. The number of carbonyl (C=O) groups excluding carboxylic acids is 1. The second kappa shape index (κ2) is 16.6. The molecule has 11 nitrogen and oxygen atoms in total. The number of hydrogen-bond donors (Lipinski definition) is 2. The highest BCUT2D eigenvalue weighted by Crippen LogP contribution is 2.54. The number of carbonyl (C=O) groups is 1. The molecule has 6 bridgehead atoms. The van der Waals surface area contributed by atoms with E-state index < -0.39 is 11.9 Å². The van der Waals surface area contributed by atoms with E-state index in [2.05, 4.69) is 27.0 Å². The molecule has 0 saturated carbocycles. The molecule has 2 N–H and O–H groups in total. The monoisotopic (exact) mass is 692 g/mol. The summed E-state index contributed by atoms with van der Waals surface area (Å²) in [7, 11) is 0. The highest BCUT2D eigenvalue weighted by atomic mass is 16.8. The van der Waals surface area contributed by atoms with Gasteiger partial charge in [-0.25, -0.2) is 0 Å². The van der Waals surface area contributed by atoms with Crippen LogP contribution in [-0.4, -0.2) is 121 Å². The van der Waals surface area contributed by atoms with Gasteiger partial charge in [-0.2, -0.15) is 0 Å². The van der Waals surface area contributed by atoms with E-state index in [1.54, 1.807) is 0 Å². The first-order valence-corrected chi connectivity index (χ1v) is 18.9. The molecule has 11 heteroatoms. The average molecular weight is 693 g/mol. The molecule has 0 amide bonds. The van der Waals surface area contributed by atoms with Gasteiger partial charge in [0.1, 0.15) is 36.3 Å². The molecular weight excluding hydrogens is 632 g/mol. The molecule has 9 aliphatic rings. The molecular formula is C38H60O11. The molecule has 9 aliphatic heterocycles. The van der Waals surface area contributed by atoms with E-state index in [0.717, 1.165) is 70.2 Å². The van der Waals surface area contributed by atoms with Crippen LogP contribution in [0.3, 0.4) is 0 Å². The molecule has 0 aromatic carbocycles. The number of hydrogen-bond acceptors (Lipinski definition) is 11. The van der Waals surface area contributed by atoms with Gasteiger partial charge in [0.2, 0.25) is 0 Å². The highest BCUT2D eigenvalue weighted by Gasteiger charge is 2.68. The first kappa shape index (κ1) is 37.5.